The molecule has 35 heavy (non-hydrogen) atoms. The number of benzene rings is 2. The normalized spacial score (nSPS) is 15.1. The van der Waals surface area contributed by atoms with E-state index in [9.17, 15) is 14.0 Å². The second kappa shape index (κ2) is 12.0. The van der Waals surface area contributed by atoms with Gasteiger partial charge in [-0.2, -0.15) is 0 Å². The van der Waals surface area contributed by atoms with E-state index in [1.54, 1.807) is 64.6 Å². The Kier molecular flexibility index (Phi) is 8.50. The van der Waals surface area contributed by atoms with Crippen molar-refractivity contribution in [2.24, 2.45) is 0 Å². The van der Waals surface area contributed by atoms with Gasteiger partial charge in [-0.3, -0.25) is 9.59 Å². The lowest BCUT2D eigenvalue weighted by atomic mass is 10.1. The highest BCUT2D eigenvalue weighted by atomic mass is 32.1. The summed E-state index contributed by atoms with van der Waals surface area (Å²) >= 11 is 1.57. The lowest BCUT2D eigenvalue weighted by molar-refractivity contribution is -0.133. The van der Waals surface area contributed by atoms with Crippen molar-refractivity contribution in [2.75, 3.05) is 26.8 Å². The monoisotopic (exact) mass is 496 g/mol. The number of carbonyl (C=O) groups excluding carboxylic acids is 2. The van der Waals surface area contributed by atoms with E-state index in [2.05, 4.69) is 0 Å². The van der Waals surface area contributed by atoms with Crippen molar-refractivity contribution in [3.8, 4) is 5.75 Å². The maximum Gasteiger partial charge on any atom is 0.254 e. The fourth-order valence-corrected chi connectivity index (χ4v) is 4.79. The van der Waals surface area contributed by atoms with Crippen LogP contribution in [0.1, 0.15) is 33.6 Å². The van der Waals surface area contributed by atoms with Gasteiger partial charge in [-0.15, -0.1) is 11.3 Å². The maximum absolute atomic E-state index is 13.6. The van der Waals surface area contributed by atoms with Crippen molar-refractivity contribution < 1.29 is 23.5 Å². The van der Waals surface area contributed by atoms with Crippen molar-refractivity contribution in [3.63, 3.8) is 0 Å². The van der Waals surface area contributed by atoms with Gasteiger partial charge >= 0.3 is 0 Å². The summed E-state index contributed by atoms with van der Waals surface area (Å²) in [7, 11) is 1.57. The van der Waals surface area contributed by atoms with Crippen LogP contribution in [-0.2, 0) is 22.6 Å². The molecule has 0 spiro atoms. The van der Waals surface area contributed by atoms with E-state index in [0.29, 0.717) is 37.6 Å². The van der Waals surface area contributed by atoms with Crippen LogP contribution in [0.4, 0.5) is 4.39 Å². The Labute approximate surface area is 208 Å². The molecular weight excluding hydrogens is 467 g/mol. The molecule has 8 heteroatoms. The van der Waals surface area contributed by atoms with Crippen molar-refractivity contribution in [2.45, 2.75) is 32.0 Å². The first-order valence-electron chi connectivity index (χ1n) is 11.6. The summed E-state index contributed by atoms with van der Waals surface area (Å²) in [6.07, 6.45) is 1.71. The van der Waals surface area contributed by atoms with Crippen LogP contribution in [0.15, 0.2) is 66.0 Å². The molecule has 0 N–H and O–H groups in total. The minimum Gasteiger partial charge on any atom is -0.497 e. The van der Waals surface area contributed by atoms with Crippen LogP contribution in [0.5, 0.6) is 5.75 Å². The predicted molar refractivity (Wildman–Crippen MR) is 133 cm³/mol. The molecule has 1 saturated heterocycles. The first-order chi connectivity index (χ1) is 17.0. The maximum atomic E-state index is 13.6. The van der Waals surface area contributed by atoms with Crippen molar-refractivity contribution in [1.82, 2.24) is 9.80 Å². The van der Waals surface area contributed by atoms with E-state index in [4.69, 9.17) is 9.47 Å². The van der Waals surface area contributed by atoms with E-state index >= 15 is 0 Å². The highest BCUT2D eigenvalue weighted by Gasteiger charge is 2.27. The van der Waals surface area contributed by atoms with E-state index in [-0.39, 0.29) is 30.3 Å². The minimum atomic E-state index is -0.322. The molecule has 1 aliphatic heterocycles. The molecule has 1 aromatic heterocycles. The molecule has 1 atom stereocenters. The van der Waals surface area contributed by atoms with E-state index in [0.717, 1.165) is 23.3 Å². The number of nitrogens with zero attached hydrogens (tertiary/aromatic N) is 2. The van der Waals surface area contributed by atoms with Crippen LogP contribution in [-0.4, -0.2) is 54.5 Å². The first-order valence-corrected chi connectivity index (χ1v) is 12.5. The fraction of sp³-hybridized carbons (Fsp3) is 0.333. The Hall–Kier alpha value is -3.23. The summed E-state index contributed by atoms with van der Waals surface area (Å²) in [5.74, 6) is -0.0700. The molecule has 2 heterocycles. The van der Waals surface area contributed by atoms with Gasteiger partial charge in [0.05, 0.1) is 19.8 Å². The number of hydrogen-bond acceptors (Lipinski definition) is 5. The van der Waals surface area contributed by atoms with Crippen molar-refractivity contribution in [1.29, 1.82) is 0 Å². The van der Waals surface area contributed by atoms with Gasteiger partial charge in [0.1, 0.15) is 18.1 Å². The predicted octanol–water partition coefficient (Wildman–Crippen LogP) is 4.75. The Morgan fingerprint density at radius 1 is 1.06 bits per heavy atom. The first kappa shape index (κ1) is 24.9. The molecule has 0 radical (unpaired) electrons. The van der Waals surface area contributed by atoms with Gasteiger partial charge in [-0.25, -0.2) is 4.39 Å². The SMILES string of the molecule is COc1ccc(C(=O)N(CC(=O)N(Cc2ccc(F)cc2)Cc2cccs2)C[C@@H]2CCCO2)cc1. The second-order valence-corrected chi connectivity index (χ2v) is 9.54. The Morgan fingerprint density at radius 2 is 1.83 bits per heavy atom. The quantitative estimate of drug-likeness (QED) is 0.407. The summed E-state index contributed by atoms with van der Waals surface area (Å²) in [5.41, 5.74) is 1.31. The zero-order valence-electron chi connectivity index (χ0n) is 19.7. The van der Waals surface area contributed by atoms with Crippen LogP contribution < -0.4 is 4.74 Å². The molecule has 0 aliphatic carbocycles. The number of carbonyl (C=O) groups is 2. The number of thiophene rings is 1. The molecule has 2 aromatic carbocycles. The van der Waals surface area contributed by atoms with Crippen LogP contribution >= 0.6 is 11.3 Å². The lowest BCUT2D eigenvalue weighted by Crippen LogP contribution is -2.45. The molecule has 0 saturated carbocycles. The average Bonchev–Trinajstić information content (AvgIpc) is 3.58. The van der Waals surface area contributed by atoms with Crippen LogP contribution in [0, 0.1) is 5.82 Å². The average molecular weight is 497 g/mol. The molecule has 1 aliphatic rings. The fourth-order valence-electron chi connectivity index (χ4n) is 4.07. The van der Waals surface area contributed by atoms with Gasteiger partial charge in [-0.1, -0.05) is 18.2 Å². The second-order valence-electron chi connectivity index (χ2n) is 8.50. The van der Waals surface area contributed by atoms with Crippen LogP contribution in [0.25, 0.3) is 0 Å². The molecule has 0 bridgehead atoms. The van der Waals surface area contributed by atoms with Crippen molar-refractivity contribution >= 4 is 23.2 Å². The number of hydrogen-bond donors (Lipinski definition) is 0. The Bertz CT molecular complexity index is 1100. The summed E-state index contributed by atoms with van der Waals surface area (Å²) in [6, 6.07) is 16.9. The summed E-state index contributed by atoms with van der Waals surface area (Å²) in [5, 5.41) is 1.97. The third-order valence-corrected chi connectivity index (χ3v) is 6.83. The largest absolute Gasteiger partial charge is 0.497 e. The molecule has 4 rings (SSSR count). The van der Waals surface area contributed by atoms with Gasteiger partial charge in [0, 0.05) is 30.1 Å². The third-order valence-electron chi connectivity index (χ3n) is 5.96. The molecule has 3 aromatic rings. The number of rotatable bonds is 10. The summed E-state index contributed by atoms with van der Waals surface area (Å²) < 4.78 is 24.4. The zero-order chi connectivity index (χ0) is 24.6. The summed E-state index contributed by atoms with van der Waals surface area (Å²) in [4.78, 5) is 31.3. The van der Waals surface area contributed by atoms with E-state index in [1.807, 2.05) is 17.5 Å². The number of ether oxygens (including phenoxy) is 2. The molecule has 184 valence electrons. The number of methoxy groups -OCH3 is 1. The highest BCUT2D eigenvalue weighted by Crippen LogP contribution is 2.19. The van der Waals surface area contributed by atoms with Gasteiger partial charge in [0.25, 0.3) is 5.91 Å². The van der Waals surface area contributed by atoms with Crippen LogP contribution in [0.3, 0.4) is 0 Å². The summed E-state index contributed by atoms with van der Waals surface area (Å²) in [6.45, 7) is 1.68. The number of amides is 2. The molecule has 2 amide bonds. The highest BCUT2D eigenvalue weighted by molar-refractivity contribution is 7.09. The zero-order valence-corrected chi connectivity index (χ0v) is 20.5. The Morgan fingerprint density at radius 3 is 2.46 bits per heavy atom. The lowest BCUT2D eigenvalue weighted by Gasteiger charge is -2.29. The molecule has 6 nitrogen and oxygen atoms in total. The smallest absolute Gasteiger partial charge is 0.254 e. The molecule has 0 unspecified atom stereocenters. The molecular formula is C27H29FN2O4S. The van der Waals surface area contributed by atoms with Gasteiger partial charge in [0.15, 0.2) is 0 Å². The topological polar surface area (TPSA) is 59.1 Å². The standard InChI is InChI=1S/C27H29FN2O4S/c1-33-23-12-8-21(9-13-23)27(32)30(17-24-4-2-14-34-24)19-26(31)29(18-25-5-3-15-35-25)16-20-6-10-22(28)11-7-20/h3,5-13,15,24H,2,4,14,16-19H2,1H3/t24-/m0/s1. The van der Waals surface area contributed by atoms with Gasteiger partial charge < -0.3 is 19.3 Å². The molecule has 1 fully saturated rings. The van der Waals surface area contributed by atoms with Crippen molar-refractivity contribution in [3.05, 3.63) is 87.9 Å². The van der Waals surface area contributed by atoms with Gasteiger partial charge in [0.2, 0.25) is 5.91 Å². The Balaban J connectivity index is 1.54. The third kappa shape index (κ3) is 6.90. The van der Waals surface area contributed by atoms with E-state index < -0.39 is 0 Å². The number of halogens is 1. The van der Waals surface area contributed by atoms with Crippen LogP contribution in [0.2, 0.25) is 0 Å². The minimum absolute atomic E-state index is 0.0721. The van der Waals surface area contributed by atoms with E-state index in [1.165, 1.54) is 12.1 Å². The van der Waals surface area contributed by atoms with Gasteiger partial charge in [-0.05, 0) is 66.2 Å².